The van der Waals surface area contributed by atoms with Gasteiger partial charge in [-0.3, -0.25) is 9.69 Å². The summed E-state index contributed by atoms with van der Waals surface area (Å²) in [6, 6.07) is 19.1. The minimum absolute atomic E-state index is 0.333. The molecule has 9 heteroatoms. The highest BCUT2D eigenvalue weighted by Gasteiger charge is 2.26. The van der Waals surface area contributed by atoms with E-state index in [1.54, 1.807) is 0 Å². The van der Waals surface area contributed by atoms with E-state index in [4.69, 9.17) is 4.52 Å². The Kier molecular flexibility index (Phi) is 6.43. The standard InChI is InChI=1S/C26H27N5O4/c1-17-14-22(28-31(17)21-7-3-2-4-8-21)25-27-24(29-35-25)19-11-9-18(10-12-19)23(32)16-30-13-5-6-20(15-30)26(33)34/h2-4,7-12,14,20,23,32H,5-6,13,15-16H2,1H3,(H,33,34)/t20-,23?/m0/s1. The lowest BCUT2D eigenvalue weighted by Gasteiger charge is -2.32. The van der Waals surface area contributed by atoms with E-state index in [2.05, 4.69) is 15.2 Å². The molecule has 1 saturated heterocycles. The van der Waals surface area contributed by atoms with E-state index in [0.29, 0.717) is 36.9 Å². The van der Waals surface area contributed by atoms with Gasteiger partial charge in [-0.2, -0.15) is 10.1 Å². The highest BCUT2D eigenvalue weighted by Crippen LogP contribution is 2.26. The molecule has 0 saturated carbocycles. The fourth-order valence-electron chi connectivity index (χ4n) is 4.48. The molecule has 9 nitrogen and oxygen atoms in total. The molecule has 2 atom stereocenters. The van der Waals surface area contributed by atoms with Crippen LogP contribution in [0.1, 0.15) is 30.2 Å². The van der Waals surface area contributed by atoms with Gasteiger partial charge in [0.1, 0.15) is 0 Å². The smallest absolute Gasteiger partial charge is 0.307 e. The minimum Gasteiger partial charge on any atom is -0.481 e. The molecule has 1 aliphatic heterocycles. The first-order valence-corrected chi connectivity index (χ1v) is 11.7. The molecular weight excluding hydrogens is 446 g/mol. The predicted molar refractivity (Wildman–Crippen MR) is 129 cm³/mol. The van der Waals surface area contributed by atoms with Gasteiger partial charge >= 0.3 is 5.97 Å². The topological polar surface area (TPSA) is 118 Å². The molecule has 1 unspecified atom stereocenters. The van der Waals surface area contributed by atoms with E-state index < -0.39 is 12.1 Å². The van der Waals surface area contributed by atoms with E-state index in [0.717, 1.165) is 35.5 Å². The Bertz CT molecular complexity index is 1300. The molecule has 3 heterocycles. The molecule has 35 heavy (non-hydrogen) atoms. The van der Waals surface area contributed by atoms with Crippen LogP contribution in [0.5, 0.6) is 0 Å². The molecule has 0 bridgehead atoms. The SMILES string of the molecule is Cc1cc(-c2nc(-c3ccc(C(O)CN4CCC[C@H](C(=O)O)C4)cc3)no2)nn1-c1ccccc1. The van der Waals surface area contributed by atoms with Crippen molar-refractivity contribution in [3.63, 3.8) is 0 Å². The van der Waals surface area contributed by atoms with Crippen LogP contribution in [0.3, 0.4) is 0 Å². The van der Waals surface area contributed by atoms with Crippen molar-refractivity contribution in [1.29, 1.82) is 0 Å². The van der Waals surface area contributed by atoms with Gasteiger partial charge in [0.2, 0.25) is 5.82 Å². The van der Waals surface area contributed by atoms with Gasteiger partial charge in [0, 0.05) is 24.3 Å². The quantitative estimate of drug-likeness (QED) is 0.417. The first-order chi connectivity index (χ1) is 17.0. The lowest BCUT2D eigenvalue weighted by Crippen LogP contribution is -2.40. The molecule has 4 aromatic rings. The van der Waals surface area contributed by atoms with E-state index >= 15 is 0 Å². The maximum atomic E-state index is 11.3. The van der Waals surface area contributed by atoms with E-state index in [9.17, 15) is 15.0 Å². The molecule has 0 amide bonds. The van der Waals surface area contributed by atoms with Crippen LogP contribution < -0.4 is 0 Å². The Labute approximate surface area is 202 Å². The largest absolute Gasteiger partial charge is 0.481 e. The predicted octanol–water partition coefficient (Wildman–Crippen LogP) is 3.73. The summed E-state index contributed by atoms with van der Waals surface area (Å²) in [6.07, 6.45) is 0.809. The fraction of sp³-hybridized carbons (Fsp3) is 0.308. The summed E-state index contributed by atoms with van der Waals surface area (Å²) in [6.45, 7) is 3.63. The number of piperidine rings is 1. The molecule has 180 valence electrons. The number of hydrogen-bond donors (Lipinski definition) is 2. The number of aryl methyl sites for hydroxylation is 1. The average Bonchev–Trinajstić information content (AvgIpc) is 3.52. The molecule has 2 N–H and O–H groups in total. The van der Waals surface area contributed by atoms with Crippen molar-refractivity contribution in [3.8, 4) is 28.7 Å². The number of carbonyl (C=O) groups is 1. The van der Waals surface area contributed by atoms with Crippen LogP contribution in [0.2, 0.25) is 0 Å². The number of hydrogen-bond acceptors (Lipinski definition) is 7. The number of aliphatic hydroxyl groups is 1. The zero-order chi connectivity index (χ0) is 24.4. The lowest BCUT2D eigenvalue weighted by atomic mass is 9.97. The summed E-state index contributed by atoms with van der Waals surface area (Å²) in [5.41, 5.74) is 4.02. The van der Waals surface area contributed by atoms with Gasteiger partial charge in [0.05, 0.1) is 17.7 Å². The van der Waals surface area contributed by atoms with E-state index in [1.165, 1.54) is 0 Å². The zero-order valence-electron chi connectivity index (χ0n) is 19.4. The Hall–Kier alpha value is -3.82. The zero-order valence-corrected chi connectivity index (χ0v) is 19.4. The number of nitrogens with zero attached hydrogens (tertiary/aromatic N) is 5. The first kappa shape index (κ1) is 22.9. The number of para-hydroxylation sites is 1. The number of aromatic nitrogens is 4. The Morgan fingerprint density at radius 3 is 2.69 bits per heavy atom. The highest BCUT2D eigenvalue weighted by molar-refractivity contribution is 5.70. The van der Waals surface area contributed by atoms with Crippen LogP contribution in [0, 0.1) is 12.8 Å². The lowest BCUT2D eigenvalue weighted by molar-refractivity contribution is -0.143. The summed E-state index contributed by atoms with van der Waals surface area (Å²) in [5.74, 6) is -0.364. The molecule has 0 radical (unpaired) electrons. The summed E-state index contributed by atoms with van der Waals surface area (Å²) >= 11 is 0. The molecule has 1 fully saturated rings. The van der Waals surface area contributed by atoms with Crippen molar-refractivity contribution in [2.24, 2.45) is 5.92 Å². The summed E-state index contributed by atoms with van der Waals surface area (Å²) < 4.78 is 7.31. The Morgan fingerprint density at radius 1 is 1.17 bits per heavy atom. The second-order valence-corrected chi connectivity index (χ2v) is 8.92. The summed E-state index contributed by atoms with van der Waals surface area (Å²) in [5, 5.41) is 28.7. The van der Waals surface area contributed by atoms with Crippen LogP contribution in [-0.2, 0) is 4.79 Å². The van der Waals surface area contributed by atoms with E-state index in [-0.39, 0.29) is 5.92 Å². The first-order valence-electron chi connectivity index (χ1n) is 11.7. The molecule has 2 aromatic heterocycles. The van der Waals surface area contributed by atoms with Gasteiger partial charge in [0.25, 0.3) is 5.89 Å². The van der Waals surface area contributed by atoms with Gasteiger partial charge in [-0.1, -0.05) is 47.6 Å². The van der Waals surface area contributed by atoms with Crippen molar-refractivity contribution in [3.05, 3.63) is 71.9 Å². The number of β-amino-alcohol motifs (C(OH)–C–C–N with tert-alkyl or cyclic N) is 1. The van der Waals surface area contributed by atoms with Crippen molar-refractivity contribution in [2.45, 2.75) is 25.9 Å². The van der Waals surface area contributed by atoms with Gasteiger partial charge in [0.15, 0.2) is 5.69 Å². The normalized spacial score (nSPS) is 17.4. The maximum Gasteiger partial charge on any atom is 0.307 e. The van der Waals surface area contributed by atoms with Crippen molar-refractivity contribution in [2.75, 3.05) is 19.6 Å². The number of carboxylic acids is 1. The Morgan fingerprint density at radius 2 is 1.94 bits per heavy atom. The summed E-state index contributed by atoms with van der Waals surface area (Å²) in [7, 11) is 0. The van der Waals surface area contributed by atoms with Gasteiger partial charge in [-0.05, 0) is 50.1 Å². The van der Waals surface area contributed by atoms with Gasteiger partial charge < -0.3 is 14.7 Å². The van der Waals surface area contributed by atoms with Crippen LogP contribution in [0.4, 0.5) is 0 Å². The maximum absolute atomic E-state index is 11.3. The second-order valence-electron chi connectivity index (χ2n) is 8.92. The third-order valence-corrected chi connectivity index (χ3v) is 6.37. The monoisotopic (exact) mass is 473 g/mol. The number of benzene rings is 2. The third-order valence-electron chi connectivity index (χ3n) is 6.37. The number of aliphatic carboxylic acids is 1. The molecule has 5 rings (SSSR count). The molecule has 0 aliphatic carbocycles. The third kappa shape index (κ3) is 5.01. The average molecular weight is 474 g/mol. The number of likely N-dealkylation sites (tertiary alicyclic amines) is 1. The number of aliphatic hydroxyl groups excluding tert-OH is 1. The molecule has 2 aromatic carbocycles. The van der Waals surface area contributed by atoms with Gasteiger partial charge in [-0.15, -0.1) is 0 Å². The second kappa shape index (κ2) is 9.81. The van der Waals surface area contributed by atoms with Crippen molar-refractivity contribution >= 4 is 5.97 Å². The van der Waals surface area contributed by atoms with Crippen molar-refractivity contribution < 1.29 is 19.5 Å². The van der Waals surface area contributed by atoms with Crippen molar-refractivity contribution in [1.82, 2.24) is 24.8 Å². The van der Waals surface area contributed by atoms with Crippen LogP contribution in [0.25, 0.3) is 28.7 Å². The fourth-order valence-corrected chi connectivity index (χ4v) is 4.48. The van der Waals surface area contributed by atoms with Gasteiger partial charge in [-0.25, -0.2) is 4.68 Å². The molecular formula is C26H27N5O4. The van der Waals surface area contributed by atoms with Crippen LogP contribution in [0.15, 0.2) is 65.2 Å². The summed E-state index contributed by atoms with van der Waals surface area (Å²) in [4.78, 5) is 17.8. The van der Waals surface area contributed by atoms with E-state index in [1.807, 2.05) is 77.2 Å². The molecule has 1 aliphatic rings. The highest BCUT2D eigenvalue weighted by atomic mass is 16.5. The number of rotatable bonds is 7. The molecule has 0 spiro atoms. The Balaban J connectivity index is 1.27. The van der Waals surface area contributed by atoms with Crippen LogP contribution >= 0.6 is 0 Å². The number of carboxylic acid groups (broad SMARTS) is 1. The minimum atomic E-state index is -0.769. The van der Waals surface area contributed by atoms with Crippen LogP contribution in [-0.4, -0.2) is 60.6 Å².